The lowest BCUT2D eigenvalue weighted by molar-refractivity contribution is -0.142. The van der Waals surface area contributed by atoms with Crippen LogP contribution in [-0.2, 0) is 16.0 Å². The maximum atomic E-state index is 11.7. The van der Waals surface area contributed by atoms with Crippen molar-refractivity contribution in [3.8, 4) is 0 Å². The van der Waals surface area contributed by atoms with Crippen LogP contribution in [-0.4, -0.2) is 23.0 Å². The number of rotatable bonds is 9. The monoisotopic (exact) mass is 297 g/mol. The summed E-state index contributed by atoms with van der Waals surface area (Å²) in [5.41, 5.74) is 0. The van der Waals surface area contributed by atoms with Crippen LogP contribution in [0.1, 0.15) is 48.8 Å². The van der Waals surface area contributed by atoms with Crippen LogP contribution < -0.4 is 5.32 Å². The topological polar surface area (TPSA) is 66.4 Å². The number of hydrogen-bond donors (Lipinski definition) is 2. The van der Waals surface area contributed by atoms with Gasteiger partial charge in [-0.2, -0.15) is 0 Å². The molecule has 0 aromatic carbocycles. The molecule has 0 radical (unpaired) electrons. The van der Waals surface area contributed by atoms with Gasteiger partial charge in [-0.1, -0.05) is 19.8 Å². The molecule has 0 spiro atoms. The Labute approximate surface area is 124 Å². The van der Waals surface area contributed by atoms with Crippen molar-refractivity contribution in [3.05, 3.63) is 21.9 Å². The summed E-state index contributed by atoms with van der Waals surface area (Å²) in [6.45, 7) is 4.07. The molecule has 0 saturated heterocycles. The molecule has 1 unspecified atom stereocenters. The summed E-state index contributed by atoms with van der Waals surface area (Å²) in [4.78, 5) is 25.3. The van der Waals surface area contributed by atoms with Crippen molar-refractivity contribution in [2.24, 2.45) is 0 Å². The van der Waals surface area contributed by atoms with Gasteiger partial charge in [-0.3, -0.25) is 4.79 Å². The molecule has 5 heteroatoms. The minimum atomic E-state index is -0.944. The first kappa shape index (κ1) is 16.7. The van der Waals surface area contributed by atoms with Gasteiger partial charge in [0.1, 0.15) is 6.04 Å². The van der Waals surface area contributed by atoms with Crippen molar-refractivity contribution in [3.63, 3.8) is 0 Å². The first-order valence-corrected chi connectivity index (χ1v) is 7.92. The molecular weight excluding hydrogens is 274 g/mol. The largest absolute Gasteiger partial charge is 0.480 e. The van der Waals surface area contributed by atoms with Gasteiger partial charge in [0.15, 0.2) is 0 Å². The number of aliphatic carboxylic acids is 1. The average molecular weight is 297 g/mol. The van der Waals surface area contributed by atoms with Crippen molar-refractivity contribution >= 4 is 23.2 Å². The second-order valence-electron chi connectivity index (χ2n) is 4.97. The highest BCUT2D eigenvalue weighted by atomic mass is 32.1. The van der Waals surface area contributed by atoms with Crippen LogP contribution in [0.15, 0.2) is 12.1 Å². The highest BCUT2D eigenvalue weighted by Crippen LogP contribution is 2.17. The van der Waals surface area contributed by atoms with Crippen molar-refractivity contribution in [2.45, 2.75) is 58.4 Å². The lowest BCUT2D eigenvalue weighted by Crippen LogP contribution is -2.40. The van der Waals surface area contributed by atoms with E-state index in [0.717, 1.165) is 25.7 Å². The lowest BCUT2D eigenvalue weighted by atomic mass is 10.1. The molecule has 0 aliphatic heterocycles. The molecule has 2 N–H and O–H groups in total. The van der Waals surface area contributed by atoms with Crippen LogP contribution in [0.2, 0.25) is 0 Å². The van der Waals surface area contributed by atoms with Gasteiger partial charge in [0, 0.05) is 16.2 Å². The molecule has 1 rings (SSSR count). The molecular formula is C15H23NO3S. The fourth-order valence-electron chi connectivity index (χ4n) is 1.97. The molecule has 0 aliphatic rings. The van der Waals surface area contributed by atoms with Crippen LogP contribution in [0.5, 0.6) is 0 Å². The lowest BCUT2D eigenvalue weighted by Gasteiger charge is -2.13. The Bertz CT molecular complexity index is 442. The van der Waals surface area contributed by atoms with Gasteiger partial charge in [0.25, 0.3) is 0 Å². The van der Waals surface area contributed by atoms with E-state index >= 15 is 0 Å². The quantitative estimate of drug-likeness (QED) is 0.736. The number of carboxylic acids is 1. The Morgan fingerprint density at radius 2 is 2.10 bits per heavy atom. The Kier molecular flexibility index (Phi) is 7.30. The van der Waals surface area contributed by atoms with Crippen molar-refractivity contribution in [2.75, 3.05) is 0 Å². The number of aryl methyl sites for hydroxylation is 2. The summed E-state index contributed by atoms with van der Waals surface area (Å²) in [6, 6.07) is 3.41. The molecule has 1 atom stereocenters. The molecule has 0 bridgehead atoms. The van der Waals surface area contributed by atoms with Gasteiger partial charge in [-0.05, 0) is 38.3 Å². The van der Waals surface area contributed by atoms with Crippen LogP contribution in [0.25, 0.3) is 0 Å². The van der Waals surface area contributed by atoms with Crippen molar-refractivity contribution in [1.82, 2.24) is 5.32 Å². The highest BCUT2D eigenvalue weighted by molar-refractivity contribution is 7.11. The van der Waals surface area contributed by atoms with E-state index < -0.39 is 12.0 Å². The number of nitrogens with one attached hydrogen (secondary N) is 1. The molecule has 0 fully saturated rings. The van der Waals surface area contributed by atoms with E-state index in [1.165, 1.54) is 9.75 Å². The van der Waals surface area contributed by atoms with Gasteiger partial charge in [-0.15, -0.1) is 11.3 Å². The molecule has 1 amide bonds. The third-order valence-electron chi connectivity index (χ3n) is 3.10. The van der Waals surface area contributed by atoms with Crippen molar-refractivity contribution in [1.29, 1.82) is 0 Å². The molecule has 0 aliphatic carbocycles. The number of carboxylic acid groups (broad SMARTS) is 1. The van der Waals surface area contributed by atoms with E-state index in [4.69, 9.17) is 5.11 Å². The van der Waals surface area contributed by atoms with Crippen LogP contribution >= 0.6 is 11.3 Å². The Balaban J connectivity index is 2.28. The SMILES string of the molecule is CCCCC(NC(=O)CCCc1ccc(C)s1)C(=O)O. The molecule has 0 saturated carbocycles. The summed E-state index contributed by atoms with van der Waals surface area (Å²) in [5, 5.41) is 11.6. The Morgan fingerprint density at radius 3 is 2.65 bits per heavy atom. The van der Waals surface area contributed by atoms with E-state index in [1.807, 2.05) is 6.92 Å². The van der Waals surface area contributed by atoms with E-state index in [9.17, 15) is 9.59 Å². The zero-order valence-electron chi connectivity index (χ0n) is 12.1. The molecule has 1 aromatic rings. The zero-order valence-corrected chi connectivity index (χ0v) is 13.0. The Hall–Kier alpha value is -1.36. The average Bonchev–Trinajstić information content (AvgIpc) is 2.80. The predicted molar refractivity (Wildman–Crippen MR) is 81.1 cm³/mol. The second-order valence-corrected chi connectivity index (χ2v) is 6.34. The van der Waals surface area contributed by atoms with Crippen LogP contribution in [0, 0.1) is 6.92 Å². The van der Waals surface area contributed by atoms with E-state index in [-0.39, 0.29) is 5.91 Å². The van der Waals surface area contributed by atoms with Gasteiger partial charge >= 0.3 is 5.97 Å². The first-order valence-electron chi connectivity index (χ1n) is 7.10. The third kappa shape index (κ3) is 6.19. The minimum Gasteiger partial charge on any atom is -0.480 e. The van der Waals surface area contributed by atoms with Crippen LogP contribution in [0.3, 0.4) is 0 Å². The van der Waals surface area contributed by atoms with Gasteiger partial charge < -0.3 is 10.4 Å². The standard InChI is InChI=1S/C15H23NO3S/c1-3-4-7-13(15(18)19)16-14(17)8-5-6-12-10-9-11(2)20-12/h9-10,13H,3-8H2,1-2H3,(H,16,17)(H,18,19). The molecule has 20 heavy (non-hydrogen) atoms. The van der Waals surface area contributed by atoms with E-state index in [1.54, 1.807) is 11.3 Å². The predicted octanol–water partition coefficient (Wildman–Crippen LogP) is 3.14. The second kappa shape index (κ2) is 8.74. The molecule has 4 nitrogen and oxygen atoms in total. The fourth-order valence-corrected chi connectivity index (χ4v) is 2.91. The smallest absolute Gasteiger partial charge is 0.326 e. The van der Waals surface area contributed by atoms with E-state index in [0.29, 0.717) is 12.8 Å². The van der Waals surface area contributed by atoms with Gasteiger partial charge in [0.05, 0.1) is 0 Å². The van der Waals surface area contributed by atoms with Crippen molar-refractivity contribution < 1.29 is 14.7 Å². The number of amides is 1. The molecule has 1 aromatic heterocycles. The summed E-state index contributed by atoms with van der Waals surface area (Å²) in [7, 11) is 0. The summed E-state index contributed by atoms with van der Waals surface area (Å²) < 4.78 is 0. The van der Waals surface area contributed by atoms with Gasteiger partial charge in [-0.25, -0.2) is 4.79 Å². The maximum Gasteiger partial charge on any atom is 0.326 e. The third-order valence-corrected chi connectivity index (χ3v) is 4.16. The summed E-state index contributed by atoms with van der Waals surface area (Å²) in [5.74, 6) is -1.11. The number of thiophene rings is 1. The number of hydrogen-bond acceptors (Lipinski definition) is 3. The number of unbranched alkanes of at least 4 members (excludes halogenated alkanes) is 1. The maximum absolute atomic E-state index is 11.7. The number of carbonyl (C=O) groups is 2. The zero-order chi connectivity index (χ0) is 15.0. The molecule has 112 valence electrons. The highest BCUT2D eigenvalue weighted by Gasteiger charge is 2.18. The van der Waals surface area contributed by atoms with E-state index in [2.05, 4.69) is 24.4 Å². The summed E-state index contributed by atoms with van der Waals surface area (Å²) >= 11 is 1.74. The van der Waals surface area contributed by atoms with Crippen LogP contribution in [0.4, 0.5) is 0 Å². The minimum absolute atomic E-state index is 0.165. The fraction of sp³-hybridized carbons (Fsp3) is 0.600. The number of carbonyl (C=O) groups excluding carboxylic acids is 1. The first-order chi connectivity index (χ1) is 9.52. The Morgan fingerprint density at radius 1 is 1.35 bits per heavy atom. The molecule has 1 heterocycles. The summed E-state index contributed by atoms with van der Waals surface area (Å²) in [6.07, 6.45) is 4.25. The normalized spacial score (nSPS) is 12.1. The van der Waals surface area contributed by atoms with Gasteiger partial charge in [0.2, 0.25) is 5.91 Å².